The zero-order valence-electron chi connectivity index (χ0n) is 8.92. The Kier molecular flexibility index (Phi) is 5.08. The van der Waals surface area contributed by atoms with Gasteiger partial charge in [0.1, 0.15) is 0 Å². The largest absolute Gasteiger partial charge is 0.399 e. The van der Waals surface area contributed by atoms with Gasteiger partial charge in [-0.3, -0.25) is 0 Å². The number of aryl methyl sites for hydroxylation is 1. The smallest absolute Gasteiger partial charge is 0.0316 e. The highest BCUT2D eigenvalue weighted by molar-refractivity contribution is 5.40. The summed E-state index contributed by atoms with van der Waals surface area (Å²) in [7, 11) is 0. The van der Waals surface area contributed by atoms with Crippen molar-refractivity contribution in [2.75, 3.05) is 18.8 Å². The van der Waals surface area contributed by atoms with Crippen molar-refractivity contribution in [1.29, 1.82) is 0 Å². The third-order valence-corrected chi connectivity index (χ3v) is 2.27. The molecule has 0 radical (unpaired) electrons. The number of hydrogen-bond acceptors (Lipinski definition) is 2. The van der Waals surface area contributed by atoms with Crippen molar-refractivity contribution < 1.29 is 0 Å². The van der Waals surface area contributed by atoms with Crippen LogP contribution in [0.25, 0.3) is 0 Å². The predicted octanol–water partition coefficient (Wildman–Crippen LogP) is 2.20. The minimum absolute atomic E-state index is 0.870. The maximum atomic E-state index is 5.70. The molecule has 0 fully saturated rings. The fraction of sp³-hybridized carbons (Fsp3) is 0.500. The third-order valence-electron chi connectivity index (χ3n) is 2.27. The Morgan fingerprint density at radius 3 is 2.86 bits per heavy atom. The lowest BCUT2D eigenvalue weighted by Gasteiger charge is -2.03. The van der Waals surface area contributed by atoms with Crippen molar-refractivity contribution >= 4 is 5.69 Å². The summed E-state index contributed by atoms with van der Waals surface area (Å²) >= 11 is 0. The van der Waals surface area contributed by atoms with Crippen LogP contribution < -0.4 is 11.1 Å². The van der Waals surface area contributed by atoms with E-state index in [0.29, 0.717) is 0 Å². The van der Waals surface area contributed by atoms with E-state index in [1.165, 1.54) is 18.4 Å². The molecule has 2 heteroatoms. The monoisotopic (exact) mass is 192 g/mol. The van der Waals surface area contributed by atoms with Crippen LogP contribution in [0, 0.1) is 0 Å². The minimum Gasteiger partial charge on any atom is -0.399 e. The van der Waals surface area contributed by atoms with Crippen molar-refractivity contribution in [3.05, 3.63) is 29.8 Å². The lowest BCUT2D eigenvalue weighted by Crippen LogP contribution is -2.13. The van der Waals surface area contributed by atoms with E-state index in [1.54, 1.807) is 0 Å². The van der Waals surface area contributed by atoms with Crippen LogP contribution in [0.5, 0.6) is 0 Å². The predicted molar refractivity (Wildman–Crippen MR) is 62.3 cm³/mol. The molecular formula is C12H20N2. The number of unbranched alkanes of at least 4 members (excludes halogenated alkanes) is 1. The van der Waals surface area contributed by atoms with E-state index in [2.05, 4.69) is 24.4 Å². The fourth-order valence-corrected chi connectivity index (χ4v) is 1.50. The Bertz CT molecular complexity index is 258. The first-order valence-corrected chi connectivity index (χ1v) is 5.38. The quantitative estimate of drug-likeness (QED) is 0.535. The van der Waals surface area contributed by atoms with Gasteiger partial charge in [-0.25, -0.2) is 0 Å². The van der Waals surface area contributed by atoms with E-state index in [1.807, 2.05) is 12.1 Å². The summed E-state index contributed by atoms with van der Waals surface area (Å²) < 4.78 is 0. The molecule has 0 saturated carbocycles. The molecule has 3 N–H and O–H groups in total. The van der Waals surface area contributed by atoms with Crippen LogP contribution in [-0.2, 0) is 6.42 Å². The van der Waals surface area contributed by atoms with Crippen LogP contribution in [0.3, 0.4) is 0 Å². The number of rotatable bonds is 6. The number of nitrogens with two attached hydrogens (primary N) is 1. The Morgan fingerprint density at radius 1 is 1.29 bits per heavy atom. The fourth-order valence-electron chi connectivity index (χ4n) is 1.50. The van der Waals surface area contributed by atoms with Crippen molar-refractivity contribution in [1.82, 2.24) is 5.32 Å². The Hall–Kier alpha value is -1.02. The first-order valence-electron chi connectivity index (χ1n) is 5.38. The van der Waals surface area contributed by atoms with E-state index in [4.69, 9.17) is 5.73 Å². The number of nitrogens with one attached hydrogen (secondary N) is 1. The van der Waals surface area contributed by atoms with E-state index < -0.39 is 0 Å². The molecule has 78 valence electrons. The van der Waals surface area contributed by atoms with E-state index in [-0.39, 0.29) is 0 Å². The third kappa shape index (κ3) is 4.28. The molecule has 0 atom stereocenters. The van der Waals surface area contributed by atoms with Crippen molar-refractivity contribution in [3.63, 3.8) is 0 Å². The van der Waals surface area contributed by atoms with Crippen LogP contribution in [0.2, 0.25) is 0 Å². The van der Waals surface area contributed by atoms with Gasteiger partial charge < -0.3 is 11.1 Å². The minimum atomic E-state index is 0.870. The number of nitrogen functional groups attached to an aromatic ring is 1. The summed E-state index contributed by atoms with van der Waals surface area (Å²) in [5.41, 5.74) is 7.92. The molecule has 2 nitrogen and oxygen atoms in total. The molecule has 0 aliphatic carbocycles. The highest BCUT2D eigenvalue weighted by Crippen LogP contribution is 2.09. The van der Waals surface area contributed by atoms with Crippen molar-refractivity contribution in [2.45, 2.75) is 26.2 Å². The van der Waals surface area contributed by atoms with Crippen LogP contribution in [0.4, 0.5) is 5.69 Å². The second-order valence-electron chi connectivity index (χ2n) is 3.56. The molecule has 1 aromatic carbocycles. The van der Waals surface area contributed by atoms with Crippen molar-refractivity contribution in [2.24, 2.45) is 0 Å². The van der Waals surface area contributed by atoms with Gasteiger partial charge >= 0.3 is 0 Å². The van der Waals surface area contributed by atoms with Gasteiger partial charge in [0, 0.05) is 5.69 Å². The van der Waals surface area contributed by atoms with Crippen molar-refractivity contribution in [3.8, 4) is 0 Å². The summed E-state index contributed by atoms with van der Waals surface area (Å²) in [5, 5.41) is 3.32. The molecule has 0 heterocycles. The lowest BCUT2D eigenvalue weighted by molar-refractivity contribution is 0.641. The molecule has 1 aromatic rings. The summed E-state index contributed by atoms with van der Waals surface area (Å²) in [6.07, 6.45) is 3.61. The molecule has 0 aromatic heterocycles. The molecule has 0 saturated heterocycles. The summed E-state index contributed by atoms with van der Waals surface area (Å²) in [6, 6.07) is 8.16. The average molecular weight is 192 g/mol. The van der Waals surface area contributed by atoms with Gasteiger partial charge in [0.2, 0.25) is 0 Å². The first-order chi connectivity index (χ1) is 6.83. The first kappa shape index (κ1) is 11.1. The lowest BCUT2D eigenvalue weighted by atomic mass is 10.1. The van der Waals surface area contributed by atoms with E-state index >= 15 is 0 Å². The number of anilines is 1. The highest BCUT2D eigenvalue weighted by Gasteiger charge is 1.93. The zero-order chi connectivity index (χ0) is 10.2. The van der Waals surface area contributed by atoms with Crippen LogP contribution in [0.1, 0.15) is 25.3 Å². The number of benzene rings is 1. The van der Waals surface area contributed by atoms with Gasteiger partial charge in [0.25, 0.3) is 0 Å². The highest BCUT2D eigenvalue weighted by atomic mass is 14.8. The van der Waals surface area contributed by atoms with Crippen LogP contribution in [0.15, 0.2) is 24.3 Å². The zero-order valence-corrected chi connectivity index (χ0v) is 8.92. The molecule has 0 amide bonds. The standard InChI is InChI=1S/C12H20N2/c1-2-14-9-4-3-6-11-7-5-8-12(13)10-11/h5,7-8,10,14H,2-4,6,9,13H2,1H3. The second-order valence-corrected chi connectivity index (χ2v) is 3.56. The summed E-state index contributed by atoms with van der Waals surface area (Å²) in [4.78, 5) is 0. The van der Waals surface area contributed by atoms with Gasteiger partial charge in [0.15, 0.2) is 0 Å². The van der Waals surface area contributed by atoms with Gasteiger partial charge in [-0.2, -0.15) is 0 Å². The van der Waals surface area contributed by atoms with Gasteiger partial charge in [-0.1, -0.05) is 19.1 Å². The Balaban J connectivity index is 2.18. The van der Waals surface area contributed by atoms with E-state index in [0.717, 1.165) is 25.2 Å². The Labute approximate surface area is 86.5 Å². The van der Waals surface area contributed by atoms with Crippen LogP contribution >= 0.6 is 0 Å². The molecule has 14 heavy (non-hydrogen) atoms. The van der Waals surface area contributed by atoms with E-state index in [9.17, 15) is 0 Å². The summed E-state index contributed by atoms with van der Waals surface area (Å²) in [6.45, 7) is 4.33. The second kappa shape index (κ2) is 6.44. The van der Waals surface area contributed by atoms with Gasteiger partial charge in [0.05, 0.1) is 0 Å². The maximum absolute atomic E-state index is 5.70. The Morgan fingerprint density at radius 2 is 2.14 bits per heavy atom. The molecule has 0 spiro atoms. The topological polar surface area (TPSA) is 38.0 Å². The summed E-state index contributed by atoms with van der Waals surface area (Å²) in [5.74, 6) is 0. The molecular weight excluding hydrogens is 172 g/mol. The molecule has 0 aliphatic rings. The maximum Gasteiger partial charge on any atom is 0.0316 e. The van der Waals surface area contributed by atoms with Gasteiger partial charge in [-0.15, -0.1) is 0 Å². The average Bonchev–Trinajstić information content (AvgIpc) is 2.18. The normalized spacial score (nSPS) is 10.4. The van der Waals surface area contributed by atoms with Crippen LogP contribution in [-0.4, -0.2) is 13.1 Å². The van der Waals surface area contributed by atoms with Gasteiger partial charge in [-0.05, 0) is 50.0 Å². The number of hydrogen-bond donors (Lipinski definition) is 2. The molecule has 0 aliphatic heterocycles. The molecule has 0 unspecified atom stereocenters. The SMILES string of the molecule is CCNCCCCc1cccc(N)c1. The molecule has 1 rings (SSSR count). The molecule has 0 bridgehead atoms.